The molecule has 24 heavy (non-hydrogen) atoms. The quantitative estimate of drug-likeness (QED) is 0.848. The number of carbonyl (C=O) groups is 1. The highest BCUT2D eigenvalue weighted by Gasteiger charge is 2.30. The summed E-state index contributed by atoms with van der Waals surface area (Å²) < 4.78 is 2.09. The number of hydrogen-bond acceptors (Lipinski definition) is 4. The van der Waals surface area contributed by atoms with Crippen LogP contribution in [0.15, 0.2) is 24.5 Å². The molecule has 1 saturated carbocycles. The van der Waals surface area contributed by atoms with E-state index in [1.807, 2.05) is 29.0 Å². The van der Waals surface area contributed by atoms with E-state index in [9.17, 15) is 4.79 Å². The van der Waals surface area contributed by atoms with Gasteiger partial charge in [-0.2, -0.15) is 0 Å². The van der Waals surface area contributed by atoms with Crippen LogP contribution in [0.2, 0.25) is 0 Å². The average Bonchev–Trinajstić information content (AvgIpc) is 3.30. The molecule has 0 radical (unpaired) electrons. The first kappa shape index (κ1) is 15.1. The molecule has 2 aromatic heterocycles. The Morgan fingerprint density at radius 3 is 2.83 bits per heavy atom. The zero-order valence-electron chi connectivity index (χ0n) is 13.9. The molecular weight excluding hydrogens is 304 g/mol. The maximum Gasteiger partial charge on any atom is 0.320 e. The Kier molecular flexibility index (Phi) is 3.92. The highest BCUT2D eigenvalue weighted by atomic mass is 16.2. The van der Waals surface area contributed by atoms with Gasteiger partial charge in [-0.1, -0.05) is 12.8 Å². The highest BCUT2D eigenvalue weighted by Crippen LogP contribution is 2.25. The van der Waals surface area contributed by atoms with E-state index in [4.69, 9.17) is 0 Å². The molecule has 0 spiro atoms. The molecule has 7 nitrogen and oxygen atoms in total. The van der Waals surface area contributed by atoms with Crippen molar-refractivity contribution in [2.45, 2.75) is 44.8 Å². The molecule has 0 N–H and O–H groups in total. The van der Waals surface area contributed by atoms with Crippen molar-refractivity contribution in [3.05, 3.63) is 30.4 Å². The maximum absolute atomic E-state index is 12.8. The van der Waals surface area contributed by atoms with Crippen LogP contribution in [0.4, 0.5) is 4.79 Å². The molecule has 3 heterocycles. The molecule has 0 unspecified atom stereocenters. The highest BCUT2D eigenvalue weighted by molar-refractivity contribution is 5.74. The lowest BCUT2D eigenvalue weighted by atomic mass is 10.2. The zero-order chi connectivity index (χ0) is 16.5. The van der Waals surface area contributed by atoms with Gasteiger partial charge >= 0.3 is 6.03 Å². The van der Waals surface area contributed by atoms with E-state index in [0.29, 0.717) is 19.1 Å². The molecule has 7 heteroatoms. The molecule has 1 fully saturated rings. The monoisotopic (exact) mass is 326 g/mol. The molecule has 2 aromatic rings. The first-order chi connectivity index (χ1) is 11.7. The minimum atomic E-state index is 0.110. The van der Waals surface area contributed by atoms with Gasteiger partial charge in [0.05, 0.1) is 6.54 Å². The molecule has 2 amide bonds. The zero-order valence-corrected chi connectivity index (χ0v) is 13.9. The second-order valence-electron chi connectivity index (χ2n) is 6.59. The fourth-order valence-electron chi connectivity index (χ4n) is 3.70. The second kappa shape index (κ2) is 6.22. The van der Waals surface area contributed by atoms with Crippen molar-refractivity contribution in [1.29, 1.82) is 0 Å². The Bertz CT molecular complexity index is 722. The Hall–Kier alpha value is -2.44. The summed E-state index contributed by atoms with van der Waals surface area (Å²) in [5, 5.41) is 8.60. The molecule has 126 valence electrons. The van der Waals surface area contributed by atoms with Crippen LogP contribution in [-0.4, -0.2) is 55.2 Å². The molecule has 0 bridgehead atoms. The van der Waals surface area contributed by atoms with Gasteiger partial charge in [0.25, 0.3) is 0 Å². The second-order valence-corrected chi connectivity index (χ2v) is 6.59. The number of amides is 2. The van der Waals surface area contributed by atoms with Crippen LogP contribution in [0.25, 0.3) is 11.4 Å². The summed E-state index contributed by atoms with van der Waals surface area (Å²) in [5.41, 5.74) is 0.958. The van der Waals surface area contributed by atoms with Gasteiger partial charge in [0, 0.05) is 44.1 Å². The first-order valence-corrected chi connectivity index (χ1v) is 8.58. The molecule has 1 aliphatic carbocycles. The normalized spacial score (nSPS) is 17.8. The lowest BCUT2D eigenvalue weighted by Gasteiger charge is -2.34. The first-order valence-electron chi connectivity index (χ1n) is 8.58. The maximum atomic E-state index is 12.8. The van der Waals surface area contributed by atoms with Gasteiger partial charge in [-0.25, -0.2) is 4.79 Å². The standard InChI is InChI=1S/C17H22N6O/c1-21(14-6-2-3-7-14)17(24)22-9-10-23-15(12-22)19-20-16(23)13-5-4-8-18-11-13/h4-5,8,11,14H,2-3,6-7,9-10,12H2,1H3. The predicted octanol–water partition coefficient (Wildman–Crippen LogP) is 2.15. The van der Waals surface area contributed by atoms with Gasteiger partial charge in [-0.3, -0.25) is 4.98 Å². The van der Waals surface area contributed by atoms with Gasteiger partial charge in [0.15, 0.2) is 11.6 Å². The van der Waals surface area contributed by atoms with Gasteiger partial charge in [-0.15, -0.1) is 10.2 Å². The van der Waals surface area contributed by atoms with E-state index in [-0.39, 0.29) is 6.03 Å². The summed E-state index contributed by atoms with van der Waals surface area (Å²) in [7, 11) is 1.93. The van der Waals surface area contributed by atoms with Crippen molar-refractivity contribution in [3.8, 4) is 11.4 Å². The lowest BCUT2D eigenvalue weighted by Crippen LogP contribution is -2.48. The molecule has 4 rings (SSSR count). The Labute approximate surface area is 141 Å². The number of urea groups is 1. The fraction of sp³-hybridized carbons (Fsp3) is 0.529. The van der Waals surface area contributed by atoms with E-state index in [0.717, 1.165) is 36.6 Å². The van der Waals surface area contributed by atoms with Crippen LogP contribution in [0.1, 0.15) is 31.5 Å². The SMILES string of the molecule is CN(C(=O)N1CCn2c(nnc2-c2cccnc2)C1)C1CCCC1. The molecule has 0 atom stereocenters. The third kappa shape index (κ3) is 2.64. The van der Waals surface area contributed by atoms with Gasteiger partial charge in [0.2, 0.25) is 0 Å². The van der Waals surface area contributed by atoms with E-state index < -0.39 is 0 Å². The number of pyridine rings is 1. The van der Waals surface area contributed by atoms with Crippen LogP contribution >= 0.6 is 0 Å². The Morgan fingerprint density at radius 1 is 1.25 bits per heavy atom. The van der Waals surface area contributed by atoms with Crippen LogP contribution in [0, 0.1) is 0 Å². The van der Waals surface area contributed by atoms with E-state index >= 15 is 0 Å². The smallest absolute Gasteiger partial charge is 0.320 e. The van der Waals surface area contributed by atoms with Crippen molar-refractivity contribution in [2.75, 3.05) is 13.6 Å². The summed E-state index contributed by atoms with van der Waals surface area (Å²) >= 11 is 0. The van der Waals surface area contributed by atoms with Crippen molar-refractivity contribution in [3.63, 3.8) is 0 Å². The number of aromatic nitrogens is 4. The van der Waals surface area contributed by atoms with Crippen LogP contribution < -0.4 is 0 Å². The predicted molar refractivity (Wildman–Crippen MR) is 89.1 cm³/mol. The van der Waals surface area contributed by atoms with Crippen molar-refractivity contribution < 1.29 is 4.79 Å². The Morgan fingerprint density at radius 2 is 2.08 bits per heavy atom. The van der Waals surface area contributed by atoms with Crippen molar-refractivity contribution in [2.24, 2.45) is 0 Å². The minimum absolute atomic E-state index is 0.110. The van der Waals surface area contributed by atoms with Crippen LogP contribution in [0.3, 0.4) is 0 Å². The molecule has 0 aromatic carbocycles. The fourth-order valence-corrected chi connectivity index (χ4v) is 3.70. The number of hydrogen-bond donors (Lipinski definition) is 0. The number of rotatable bonds is 2. The third-order valence-corrected chi connectivity index (χ3v) is 5.12. The third-order valence-electron chi connectivity index (χ3n) is 5.12. The molecular formula is C17H22N6O. The molecule has 0 saturated heterocycles. The number of nitrogens with zero attached hydrogens (tertiary/aromatic N) is 6. The number of fused-ring (bicyclic) bond motifs is 1. The minimum Gasteiger partial charge on any atom is -0.325 e. The van der Waals surface area contributed by atoms with Crippen molar-refractivity contribution >= 4 is 6.03 Å². The summed E-state index contributed by atoms with van der Waals surface area (Å²) in [5.74, 6) is 1.67. The van der Waals surface area contributed by atoms with E-state index in [1.165, 1.54) is 12.8 Å². The number of carbonyl (C=O) groups excluding carboxylic acids is 1. The van der Waals surface area contributed by atoms with Crippen molar-refractivity contribution in [1.82, 2.24) is 29.5 Å². The summed E-state index contributed by atoms with van der Waals surface area (Å²) in [6, 6.07) is 4.38. The van der Waals surface area contributed by atoms with Gasteiger partial charge in [-0.05, 0) is 25.0 Å². The summed E-state index contributed by atoms with van der Waals surface area (Å²) in [6.45, 7) is 1.92. The Balaban J connectivity index is 1.50. The molecule has 1 aliphatic heterocycles. The largest absolute Gasteiger partial charge is 0.325 e. The van der Waals surface area contributed by atoms with Gasteiger partial charge < -0.3 is 14.4 Å². The van der Waals surface area contributed by atoms with Crippen LogP contribution in [-0.2, 0) is 13.1 Å². The van der Waals surface area contributed by atoms with E-state index in [1.54, 1.807) is 12.4 Å². The average molecular weight is 326 g/mol. The molecule has 2 aliphatic rings. The van der Waals surface area contributed by atoms with E-state index in [2.05, 4.69) is 19.7 Å². The van der Waals surface area contributed by atoms with Crippen LogP contribution in [0.5, 0.6) is 0 Å². The van der Waals surface area contributed by atoms with Gasteiger partial charge in [0.1, 0.15) is 0 Å². The topological polar surface area (TPSA) is 67.2 Å². The lowest BCUT2D eigenvalue weighted by molar-refractivity contribution is 0.134. The summed E-state index contributed by atoms with van der Waals surface area (Å²) in [6.07, 6.45) is 8.24. The summed E-state index contributed by atoms with van der Waals surface area (Å²) in [4.78, 5) is 20.7.